The molecule has 0 aliphatic heterocycles. The van der Waals surface area contributed by atoms with E-state index in [1.807, 2.05) is 6.07 Å². The van der Waals surface area contributed by atoms with Gasteiger partial charge in [0.1, 0.15) is 10.6 Å². The third kappa shape index (κ3) is 3.25. The molecular formula is C17H15ClO5S. The van der Waals surface area contributed by atoms with E-state index in [-0.39, 0.29) is 21.2 Å². The van der Waals surface area contributed by atoms with E-state index in [1.54, 1.807) is 12.1 Å². The molecule has 3 rings (SSSR count). The molecule has 0 heterocycles. The Morgan fingerprint density at radius 1 is 1.08 bits per heavy atom. The van der Waals surface area contributed by atoms with Crippen molar-refractivity contribution in [2.45, 2.75) is 24.2 Å². The molecule has 1 aliphatic carbocycles. The number of ether oxygens (including phenoxy) is 1. The number of fused-ring (bicyclic) bond motifs is 1. The van der Waals surface area contributed by atoms with Crippen molar-refractivity contribution in [1.82, 2.24) is 0 Å². The lowest BCUT2D eigenvalue weighted by atomic mass is 10.1. The standard InChI is InChI=1S/C17H15ClO5S/c1-22-17(19)13-6-8-15(18)16(10-13)24(20,21)23-14-7-5-11-3-2-4-12(11)9-14/h5-10H,2-4H2,1H3. The molecule has 0 spiro atoms. The molecule has 0 saturated heterocycles. The molecule has 1 aliphatic rings. The zero-order valence-electron chi connectivity index (χ0n) is 12.9. The van der Waals surface area contributed by atoms with E-state index in [4.69, 9.17) is 15.8 Å². The number of methoxy groups -OCH3 is 1. The fourth-order valence-corrected chi connectivity index (χ4v) is 4.14. The summed E-state index contributed by atoms with van der Waals surface area (Å²) in [5.41, 5.74) is 2.39. The lowest BCUT2D eigenvalue weighted by molar-refractivity contribution is 0.0600. The van der Waals surface area contributed by atoms with Crippen LogP contribution in [0.3, 0.4) is 0 Å². The van der Waals surface area contributed by atoms with Crippen molar-refractivity contribution in [3.8, 4) is 5.75 Å². The van der Waals surface area contributed by atoms with Crippen molar-refractivity contribution in [2.75, 3.05) is 7.11 Å². The molecule has 0 amide bonds. The Hall–Kier alpha value is -2.05. The van der Waals surface area contributed by atoms with Gasteiger partial charge in [0.2, 0.25) is 0 Å². The molecule has 0 N–H and O–H groups in total. The Kier molecular flexibility index (Phi) is 4.51. The number of rotatable bonds is 4. The fourth-order valence-electron chi connectivity index (χ4n) is 2.71. The van der Waals surface area contributed by atoms with E-state index < -0.39 is 16.1 Å². The minimum atomic E-state index is -4.17. The molecule has 5 nitrogen and oxygen atoms in total. The van der Waals surface area contributed by atoms with Crippen LogP contribution in [0.2, 0.25) is 5.02 Å². The maximum Gasteiger partial charge on any atom is 0.340 e. The second-order valence-electron chi connectivity index (χ2n) is 5.46. The second-order valence-corrected chi connectivity index (χ2v) is 7.38. The summed E-state index contributed by atoms with van der Waals surface area (Å²) >= 11 is 5.98. The van der Waals surface area contributed by atoms with Crippen molar-refractivity contribution in [2.24, 2.45) is 0 Å². The molecular weight excluding hydrogens is 352 g/mol. The Morgan fingerprint density at radius 3 is 2.58 bits per heavy atom. The largest absolute Gasteiger partial charge is 0.465 e. The number of carbonyl (C=O) groups is 1. The first-order valence-electron chi connectivity index (χ1n) is 7.35. The quantitative estimate of drug-likeness (QED) is 0.612. The van der Waals surface area contributed by atoms with Gasteiger partial charge in [-0.2, -0.15) is 8.42 Å². The van der Waals surface area contributed by atoms with Gasteiger partial charge in [0.05, 0.1) is 17.7 Å². The summed E-state index contributed by atoms with van der Waals surface area (Å²) in [6, 6.07) is 9.10. The van der Waals surface area contributed by atoms with Gasteiger partial charge >= 0.3 is 16.1 Å². The van der Waals surface area contributed by atoms with E-state index in [0.717, 1.165) is 30.9 Å². The highest BCUT2D eigenvalue weighted by atomic mass is 35.5. The first-order valence-corrected chi connectivity index (χ1v) is 9.13. The molecule has 24 heavy (non-hydrogen) atoms. The number of benzene rings is 2. The van der Waals surface area contributed by atoms with Gasteiger partial charge in [-0.15, -0.1) is 0 Å². The van der Waals surface area contributed by atoms with Gasteiger partial charge in [0.15, 0.2) is 0 Å². The fraction of sp³-hybridized carbons (Fsp3) is 0.235. The Bertz CT molecular complexity index is 905. The van der Waals surface area contributed by atoms with Crippen LogP contribution in [0.5, 0.6) is 5.75 Å². The van der Waals surface area contributed by atoms with Crippen molar-refractivity contribution in [3.05, 3.63) is 58.1 Å². The van der Waals surface area contributed by atoms with Crippen LogP contribution in [0, 0.1) is 0 Å². The molecule has 0 bridgehead atoms. The normalized spacial score (nSPS) is 13.4. The number of aryl methyl sites for hydroxylation is 2. The number of esters is 1. The van der Waals surface area contributed by atoms with Crippen molar-refractivity contribution in [3.63, 3.8) is 0 Å². The molecule has 0 atom stereocenters. The molecule has 0 aromatic heterocycles. The van der Waals surface area contributed by atoms with Crippen LogP contribution in [0.1, 0.15) is 27.9 Å². The van der Waals surface area contributed by atoms with Gasteiger partial charge in [0.25, 0.3) is 0 Å². The monoisotopic (exact) mass is 366 g/mol. The van der Waals surface area contributed by atoms with Gasteiger partial charge in [-0.05, 0) is 60.7 Å². The van der Waals surface area contributed by atoms with Crippen LogP contribution in [0.15, 0.2) is 41.3 Å². The SMILES string of the molecule is COC(=O)c1ccc(Cl)c(S(=O)(=O)Oc2ccc3c(c2)CCC3)c1. The van der Waals surface area contributed by atoms with Gasteiger partial charge < -0.3 is 8.92 Å². The third-order valence-electron chi connectivity index (χ3n) is 3.90. The first kappa shape index (κ1) is 16.8. The van der Waals surface area contributed by atoms with E-state index in [9.17, 15) is 13.2 Å². The van der Waals surface area contributed by atoms with Crippen molar-refractivity contribution >= 4 is 27.7 Å². The third-order valence-corrected chi connectivity index (χ3v) is 5.63. The van der Waals surface area contributed by atoms with Crippen LogP contribution in [0.4, 0.5) is 0 Å². The van der Waals surface area contributed by atoms with E-state index in [0.29, 0.717) is 0 Å². The van der Waals surface area contributed by atoms with Crippen LogP contribution in [0.25, 0.3) is 0 Å². The summed E-state index contributed by atoms with van der Waals surface area (Å²) in [5.74, 6) is -0.421. The molecule has 0 unspecified atom stereocenters. The lowest BCUT2D eigenvalue weighted by Crippen LogP contribution is -2.12. The van der Waals surface area contributed by atoms with Crippen LogP contribution < -0.4 is 4.18 Å². The van der Waals surface area contributed by atoms with E-state index in [2.05, 4.69) is 4.74 Å². The van der Waals surface area contributed by atoms with E-state index >= 15 is 0 Å². The molecule has 2 aromatic rings. The van der Waals surface area contributed by atoms with E-state index in [1.165, 1.54) is 24.8 Å². The lowest BCUT2D eigenvalue weighted by Gasteiger charge is -2.11. The average Bonchev–Trinajstić information content (AvgIpc) is 3.01. The second kappa shape index (κ2) is 6.45. The van der Waals surface area contributed by atoms with Crippen molar-refractivity contribution in [1.29, 1.82) is 0 Å². The molecule has 2 aromatic carbocycles. The zero-order valence-corrected chi connectivity index (χ0v) is 14.5. The van der Waals surface area contributed by atoms with Crippen molar-refractivity contribution < 1.29 is 22.1 Å². The van der Waals surface area contributed by atoms with Gasteiger partial charge in [-0.25, -0.2) is 4.79 Å². The summed E-state index contributed by atoms with van der Waals surface area (Å²) < 4.78 is 34.8. The number of hydrogen-bond acceptors (Lipinski definition) is 5. The maximum absolute atomic E-state index is 12.5. The predicted molar refractivity (Wildman–Crippen MR) is 89.1 cm³/mol. The molecule has 0 saturated carbocycles. The molecule has 7 heteroatoms. The Morgan fingerprint density at radius 2 is 1.83 bits per heavy atom. The summed E-state index contributed by atoms with van der Waals surface area (Å²) in [7, 11) is -2.95. The van der Waals surface area contributed by atoms with Gasteiger partial charge in [-0.3, -0.25) is 0 Å². The minimum Gasteiger partial charge on any atom is -0.465 e. The van der Waals surface area contributed by atoms with Gasteiger partial charge in [-0.1, -0.05) is 17.7 Å². The predicted octanol–water partition coefficient (Wildman–Crippen LogP) is 3.38. The number of halogens is 1. The zero-order chi connectivity index (χ0) is 17.3. The molecule has 0 radical (unpaired) electrons. The topological polar surface area (TPSA) is 69.7 Å². The number of hydrogen-bond donors (Lipinski definition) is 0. The Labute approximate surface area is 145 Å². The minimum absolute atomic E-state index is 0.0242. The summed E-state index contributed by atoms with van der Waals surface area (Å²) in [4.78, 5) is 11.3. The van der Waals surface area contributed by atoms with Crippen LogP contribution in [-0.2, 0) is 27.7 Å². The number of carbonyl (C=O) groups excluding carboxylic acids is 1. The smallest absolute Gasteiger partial charge is 0.340 e. The average molecular weight is 367 g/mol. The van der Waals surface area contributed by atoms with Gasteiger partial charge in [0, 0.05) is 0 Å². The van der Waals surface area contributed by atoms with Crippen LogP contribution in [-0.4, -0.2) is 21.5 Å². The van der Waals surface area contributed by atoms with Crippen LogP contribution >= 0.6 is 11.6 Å². The molecule has 126 valence electrons. The Balaban J connectivity index is 1.94. The first-order chi connectivity index (χ1) is 11.4. The summed E-state index contributed by atoms with van der Waals surface area (Å²) in [5, 5.41) is -0.0242. The highest BCUT2D eigenvalue weighted by molar-refractivity contribution is 7.87. The summed E-state index contributed by atoms with van der Waals surface area (Å²) in [6.45, 7) is 0. The summed E-state index contributed by atoms with van der Waals surface area (Å²) in [6.07, 6.45) is 2.96. The highest BCUT2D eigenvalue weighted by Crippen LogP contribution is 2.30. The maximum atomic E-state index is 12.5. The highest BCUT2D eigenvalue weighted by Gasteiger charge is 2.23. The molecule has 0 fully saturated rings.